The lowest BCUT2D eigenvalue weighted by Crippen LogP contribution is -2.19. The highest BCUT2D eigenvalue weighted by Gasteiger charge is 2.16. The second kappa shape index (κ2) is 6.97. The fraction of sp³-hybridized carbons (Fsp3) is 0.375. The molecule has 0 bridgehead atoms. The third-order valence-electron chi connectivity index (χ3n) is 3.25. The Morgan fingerprint density at radius 1 is 1.45 bits per heavy atom. The van der Waals surface area contributed by atoms with Gasteiger partial charge in [0.1, 0.15) is 5.82 Å². The zero-order valence-corrected chi connectivity index (χ0v) is 12.9. The molecule has 1 aromatic heterocycles. The van der Waals surface area contributed by atoms with Gasteiger partial charge in [0.15, 0.2) is 0 Å². The summed E-state index contributed by atoms with van der Waals surface area (Å²) in [6.07, 6.45) is 1.87. The van der Waals surface area contributed by atoms with E-state index in [1.165, 1.54) is 4.88 Å². The first-order chi connectivity index (χ1) is 9.67. The largest absolute Gasteiger partial charge is 0.312 e. The molecule has 108 valence electrons. The molecule has 0 atom stereocenters. The van der Waals surface area contributed by atoms with E-state index in [0.29, 0.717) is 0 Å². The van der Waals surface area contributed by atoms with E-state index < -0.39 is 0 Å². The van der Waals surface area contributed by atoms with Gasteiger partial charge in [-0.25, -0.2) is 4.39 Å². The predicted molar refractivity (Wildman–Crippen MR) is 85.7 cm³/mol. The Hall–Kier alpha value is -1.23. The van der Waals surface area contributed by atoms with Gasteiger partial charge in [0.2, 0.25) is 0 Å². The number of halogens is 1. The number of likely N-dealkylation sites (N-methyl/N-ethyl adjacent to an activating group) is 1. The van der Waals surface area contributed by atoms with Crippen molar-refractivity contribution in [3.05, 3.63) is 47.1 Å². The molecule has 0 fully saturated rings. The summed E-state index contributed by atoms with van der Waals surface area (Å²) in [7, 11) is 2.03. The molecule has 20 heavy (non-hydrogen) atoms. The summed E-state index contributed by atoms with van der Waals surface area (Å²) in [6.45, 7) is 9.09. The summed E-state index contributed by atoms with van der Waals surface area (Å²) in [4.78, 5) is 3.37. The molecule has 2 aromatic rings. The monoisotopic (exact) mass is 292 g/mol. The van der Waals surface area contributed by atoms with Crippen LogP contribution < -0.4 is 5.32 Å². The van der Waals surface area contributed by atoms with Crippen LogP contribution in [-0.4, -0.2) is 25.0 Å². The van der Waals surface area contributed by atoms with E-state index in [9.17, 15) is 4.39 Å². The minimum absolute atomic E-state index is 0.122. The Kier molecular flexibility index (Phi) is 5.29. The van der Waals surface area contributed by atoms with E-state index >= 15 is 0 Å². The maximum absolute atomic E-state index is 14.2. The Balaban J connectivity index is 2.42. The van der Waals surface area contributed by atoms with Gasteiger partial charge < -0.3 is 5.32 Å². The molecule has 1 heterocycles. The van der Waals surface area contributed by atoms with Crippen molar-refractivity contribution in [2.24, 2.45) is 0 Å². The quantitative estimate of drug-likeness (QED) is 0.782. The molecule has 1 aromatic carbocycles. The van der Waals surface area contributed by atoms with E-state index in [2.05, 4.69) is 23.7 Å². The molecule has 0 spiro atoms. The van der Waals surface area contributed by atoms with E-state index in [1.54, 1.807) is 23.5 Å². The molecule has 0 saturated heterocycles. The molecule has 2 nitrogen and oxygen atoms in total. The van der Waals surface area contributed by atoms with E-state index in [0.717, 1.165) is 41.8 Å². The second-order valence-corrected chi connectivity index (χ2v) is 6.02. The van der Waals surface area contributed by atoms with E-state index in [-0.39, 0.29) is 5.82 Å². The fourth-order valence-electron chi connectivity index (χ4n) is 2.32. The van der Waals surface area contributed by atoms with Crippen molar-refractivity contribution < 1.29 is 4.39 Å². The summed E-state index contributed by atoms with van der Waals surface area (Å²) in [5.74, 6) is -0.122. The Morgan fingerprint density at radius 3 is 2.95 bits per heavy atom. The lowest BCUT2D eigenvalue weighted by Gasteiger charge is -2.15. The first-order valence-electron chi connectivity index (χ1n) is 6.86. The first-order valence-corrected chi connectivity index (χ1v) is 7.68. The molecule has 0 aliphatic heterocycles. The standard InChI is InChI=1S/C16H21FN2S/c1-4-9-19(3)11-12-15(10-18-5-2)20-14-8-6-7-13(17)16(12)14/h4,6-8,18H,1,5,9-11H2,2-3H3. The summed E-state index contributed by atoms with van der Waals surface area (Å²) >= 11 is 1.68. The van der Waals surface area contributed by atoms with Crippen LogP contribution in [-0.2, 0) is 13.1 Å². The Labute approximate surface area is 123 Å². The average molecular weight is 292 g/mol. The minimum atomic E-state index is -0.122. The van der Waals surface area contributed by atoms with Crippen LogP contribution in [0.1, 0.15) is 17.4 Å². The molecule has 2 rings (SSSR count). The summed E-state index contributed by atoms with van der Waals surface area (Å²) in [5, 5.41) is 4.12. The highest BCUT2D eigenvalue weighted by Crippen LogP contribution is 2.34. The number of benzene rings is 1. The van der Waals surface area contributed by atoms with Crippen molar-refractivity contribution in [3.63, 3.8) is 0 Å². The zero-order chi connectivity index (χ0) is 14.5. The molecule has 0 unspecified atom stereocenters. The van der Waals surface area contributed by atoms with Gasteiger partial charge >= 0.3 is 0 Å². The second-order valence-electron chi connectivity index (χ2n) is 4.88. The van der Waals surface area contributed by atoms with Gasteiger partial charge in [-0.1, -0.05) is 19.1 Å². The number of nitrogens with one attached hydrogen (secondary N) is 1. The third kappa shape index (κ3) is 3.26. The van der Waals surface area contributed by atoms with Crippen LogP contribution in [0.4, 0.5) is 4.39 Å². The molecule has 0 saturated carbocycles. The molecule has 4 heteroatoms. The minimum Gasteiger partial charge on any atom is -0.312 e. The van der Waals surface area contributed by atoms with E-state index in [1.807, 2.05) is 19.2 Å². The van der Waals surface area contributed by atoms with Crippen LogP contribution >= 0.6 is 11.3 Å². The van der Waals surface area contributed by atoms with Gasteiger partial charge in [-0.3, -0.25) is 4.90 Å². The van der Waals surface area contributed by atoms with Crippen LogP contribution in [0.3, 0.4) is 0 Å². The molecular weight excluding hydrogens is 271 g/mol. The molecule has 1 N–H and O–H groups in total. The number of fused-ring (bicyclic) bond motifs is 1. The Morgan fingerprint density at radius 2 is 2.25 bits per heavy atom. The zero-order valence-electron chi connectivity index (χ0n) is 12.1. The van der Waals surface area contributed by atoms with Gasteiger partial charge in [0.05, 0.1) is 0 Å². The number of thiophene rings is 1. The van der Waals surface area contributed by atoms with Crippen LogP contribution in [0.2, 0.25) is 0 Å². The first kappa shape index (κ1) is 15.2. The number of hydrogen-bond acceptors (Lipinski definition) is 3. The van der Waals surface area contributed by atoms with Gasteiger partial charge in [0, 0.05) is 34.6 Å². The predicted octanol–water partition coefficient (Wildman–Crippen LogP) is 3.77. The van der Waals surface area contributed by atoms with Crippen molar-refractivity contribution in [3.8, 4) is 0 Å². The summed E-state index contributed by atoms with van der Waals surface area (Å²) in [6, 6.07) is 5.32. The van der Waals surface area contributed by atoms with Crippen molar-refractivity contribution in [2.45, 2.75) is 20.0 Å². The van der Waals surface area contributed by atoms with Gasteiger partial charge in [-0.05, 0) is 31.3 Å². The van der Waals surface area contributed by atoms with Crippen molar-refractivity contribution in [2.75, 3.05) is 20.1 Å². The fourth-order valence-corrected chi connectivity index (χ4v) is 3.52. The van der Waals surface area contributed by atoms with Gasteiger partial charge in [-0.2, -0.15) is 0 Å². The SMILES string of the molecule is C=CCN(C)Cc1c(CNCC)sc2cccc(F)c12. The molecular formula is C16H21FN2S. The average Bonchev–Trinajstić information content (AvgIpc) is 2.76. The van der Waals surface area contributed by atoms with Gasteiger partial charge in [-0.15, -0.1) is 17.9 Å². The smallest absolute Gasteiger partial charge is 0.132 e. The van der Waals surface area contributed by atoms with Gasteiger partial charge in [0.25, 0.3) is 0 Å². The maximum atomic E-state index is 14.2. The Bertz CT molecular complexity index is 591. The van der Waals surface area contributed by atoms with E-state index in [4.69, 9.17) is 0 Å². The maximum Gasteiger partial charge on any atom is 0.132 e. The lowest BCUT2D eigenvalue weighted by molar-refractivity contribution is 0.364. The summed E-state index contributed by atoms with van der Waals surface area (Å²) < 4.78 is 15.2. The molecule has 0 radical (unpaired) electrons. The normalized spacial score (nSPS) is 11.4. The molecule has 0 aliphatic carbocycles. The topological polar surface area (TPSA) is 15.3 Å². The molecule has 0 aliphatic rings. The van der Waals surface area contributed by atoms with Crippen LogP contribution in [0.15, 0.2) is 30.9 Å². The highest BCUT2D eigenvalue weighted by atomic mass is 32.1. The number of rotatable bonds is 7. The van der Waals surface area contributed by atoms with Crippen LogP contribution in [0.5, 0.6) is 0 Å². The van der Waals surface area contributed by atoms with Crippen molar-refractivity contribution >= 4 is 21.4 Å². The van der Waals surface area contributed by atoms with Crippen LogP contribution in [0.25, 0.3) is 10.1 Å². The van der Waals surface area contributed by atoms with Crippen molar-refractivity contribution in [1.29, 1.82) is 0 Å². The molecule has 0 amide bonds. The summed E-state index contributed by atoms with van der Waals surface area (Å²) in [5.41, 5.74) is 1.11. The van der Waals surface area contributed by atoms with Crippen LogP contribution in [0, 0.1) is 5.82 Å². The van der Waals surface area contributed by atoms with Crippen molar-refractivity contribution in [1.82, 2.24) is 10.2 Å². The third-order valence-corrected chi connectivity index (χ3v) is 4.45. The number of nitrogens with zero attached hydrogens (tertiary/aromatic N) is 1. The number of hydrogen-bond donors (Lipinski definition) is 1. The lowest BCUT2D eigenvalue weighted by atomic mass is 10.1. The highest BCUT2D eigenvalue weighted by molar-refractivity contribution is 7.19.